The Morgan fingerprint density at radius 3 is 2.05 bits per heavy atom. The van der Waals surface area contributed by atoms with Crippen LogP contribution < -0.4 is 10.2 Å². The average molecular weight is 567 g/mol. The van der Waals surface area contributed by atoms with Gasteiger partial charge in [0.25, 0.3) is 5.91 Å². The first-order valence-electron chi connectivity index (χ1n) is 14.2. The Balaban J connectivity index is 1.39. The number of halogens is 1. The minimum Gasteiger partial charge on any atom is -0.394 e. The second-order valence-electron chi connectivity index (χ2n) is 10.6. The highest BCUT2D eigenvalue weighted by Gasteiger charge is 2.33. The Labute approximate surface area is 246 Å². The summed E-state index contributed by atoms with van der Waals surface area (Å²) in [5.41, 5.74) is 4.01. The lowest BCUT2D eigenvalue weighted by atomic mass is 9.83. The Hall–Kier alpha value is -3.93. The summed E-state index contributed by atoms with van der Waals surface area (Å²) in [7, 11) is 0. The summed E-state index contributed by atoms with van der Waals surface area (Å²) in [6, 6.07) is 33.8. The van der Waals surface area contributed by atoms with E-state index in [4.69, 9.17) is 11.6 Å². The van der Waals surface area contributed by atoms with Gasteiger partial charge in [-0.2, -0.15) is 0 Å². The highest BCUT2D eigenvalue weighted by molar-refractivity contribution is 6.34. The molecule has 0 aliphatic heterocycles. The van der Waals surface area contributed by atoms with Gasteiger partial charge in [0.15, 0.2) is 0 Å². The summed E-state index contributed by atoms with van der Waals surface area (Å²) in [5.74, 6) is -0.296. The Kier molecular flexibility index (Phi) is 9.50. The van der Waals surface area contributed by atoms with Crippen molar-refractivity contribution in [1.29, 1.82) is 0 Å². The molecule has 6 heteroatoms. The maximum absolute atomic E-state index is 13.7. The summed E-state index contributed by atoms with van der Waals surface area (Å²) < 4.78 is 0. The third kappa shape index (κ3) is 6.87. The molecular weight excluding hydrogens is 532 g/mol. The molecule has 4 aromatic carbocycles. The van der Waals surface area contributed by atoms with Crippen LogP contribution in [0.3, 0.4) is 0 Å². The number of benzene rings is 4. The molecular formula is C35H35ClN2O3. The van der Waals surface area contributed by atoms with E-state index in [0.29, 0.717) is 17.1 Å². The van der Waals surface area contributed by atoms with Crippen LogP contribution in [0.2, 0.25) is 5.02 Å². The quantitative estimate of drug-likeness (QED) is 0.211. The van der Waals surface area contributed by atoms with Crippen molar-refractivity contribution in [2.75, 3.05) is 11.5 Å². The van der Waals surface area contributed by atoms with Gasteiger partial charge < -0.3 is 15.3 Å². The van der Waals surface area contributed by atoms with Crippen LogP contribution in [0.5, 0.6) is 0 Å². The van der Waals surface area contributed by atoms with Crippen LogP contribution in [0, 0.1) is 5.92 Å². The number of hydrogen-bond acceptors (Lipinski definition) is 3. The molecule has 0 radical (unpaired) electrons. The molecule has 1 aliphatic carbocycles. The molecule has 5 rings (SSSR count). The first kappa shape index (κ1) is 28.6. The van der Waals surface area contributed by atoms with E-state index in [1.807, 2.05) is 97.1 Å². The van der Waals surface area contributed by atoms with Gasteiger partial charge >= 0.3 is 0 Å². The van der Waals surface area contributed by atoms with Crippen molar-refractivity contribution in [2.24, 2.45) is 5.92 Å². The predicted octanol–water partition coefficient (Wildman–Crippen LogP) is 7.31. The van der Waals surface area contributed by atoms with Crippen LogP contribution in [-0.4, -0.2) is 23.5 Å². The van der Waals surface area contributed by atoms with Gasteiger partial charge in [0, 0.05) is 5.69 Å². The second-order valence-corrected chi connectivity index (χ2v) is 11.0. The summed E-state index contributed by atoms with van der Waals surface area (Å²) in [6.07, 6.45) is 4.24. The minimum absolute atomic E-state index is 0.0626. The lowest BCUT2D eigenvalue weighted by molar-refractivity contribution is -0.124. The topological polar surface area (TPSA) is 69.6 Å². The highest BCUT2D eigenvalue weighted by atomic mass is 35.5. The maximum atomic E-state index is 13.7. The van der Waals surface area contributed by atoms with Crippen molar-refractivity contribution in [2.45, 2.75) is 44.2 Å². The predicted molar refractivity (Wildman–Crippen MR) is 164 cm³/mol. The summed E-state index contributed by atoms with van der Waals surface area (Å²) in [5, 5.41) is 13.6. The normalized spacial score (nSPS) is 14.8. The van der Waals surface area contributed by atoms with Gasteiger partial charge in [0.2, 0.25) is 5.91 Å². The first-order valence-corrected chi connectivity index (χ1v) is 14.6. The zero-order valence-corrected chi connectivity index (χ0v) is 23.7. The number of nitrogens with zero attached hydrogens (tertiary/aromatic N) is 1. The molecule has 2 N–H and O–H groups in total. The SMILES string of the molecule is O=C(N[C@@H](CO)c1ccccc1)C(c1ccc(CN(C(=O)c2ccccc2Cl)c2ccccc2)cc1)C1CCCC1. The molecule has 0 aromatic heterocycles. The van der Waals surface area contributed by atoms with E-state index in [0.717, 1.165) is 48.1 Å². The van der Waals surface area contributed by atoms with E-state index in [2.05, 4.69) is 5.32 Å². The molecule has 41 heavy (non-hydrogen) atoms. The molecule has 1 fully saturated rings. The standard InChI is InChI=1S/C35H35ClN2O3/c36-31-18-10-9-17-30(31)35(41)38(29-15-5-2-6-16-29)23-25-19-21-28(22-20-25)33(27-13-7-8-14-27)34(40)37-32(24-39)26-11-3-1-4-12-26/h1-6,9-12,15-22,27,32-33,39H,7-8,13-14,23-24H2,(H,37,40)/t32-,33?/m0/s1. The Bertz CT molecular complexity index is 1440. The van der Waals surface area contributed by atoms with Crippen LogP contribution in [0.15, 0.2) is 109 Å². The highest BCUT2D eigenvalue weighted by Crippen LogP contribution is 2.38. The zero-order valence-electron chi connectivity index (χ0n) is 23.0. The molecule has 4 aromatic rings. The van der Waals surface area contributed by atoms with Gasteiger partial charge in [0.1, 0.15) is 0 Å². The first-order chi connectivity index (χ1) is 20.0. The average Bonchev–Trinajstić information content (AvgIpc) is 3.55. The number of amides is 2. The number of carbonyl (C=O) groups is 2. The lowest BCUT2D eigenvalue weighted by Crippen LogP contribution is -2.37. The second kappa shape index (κ2) is 13.6. The van der Waals surface area contributed by atoms with Gasteiger partial charge in [-0.05, 0) is 59.7 Å². The molecule has 0 saturated heterocycles. The number of anilines is 1. The molecule has 5 nitrogen and oxygen atoms in total. The van der Waals surface area contributed by atoms with E-state index in [1.54, 1.807) is 17.0 Å². The summed E-state index contributed by atoms with van der Waals surface area (Å²) in [4.78, 5) is 29.1. The molecule has 210 valence electrons. The monoisotopic (exact) mass is 566 g/mol. The minimum atomic E-state index is -0.456. The summed E-state index contributed by atoms with van der Waals surface area (Å²) in [6.45, 7) is 0.191. The van der Waals surface area contributed by atoms with E-state index in [1.165, 1.54) is 0 Å². The van der Waals surface area contributed by atoms with Crippen LogP contribution in [0.25, 0.3) is 0 Å². The van der Waals surface area contributed by atoms with Gasteiger partial charge in [-0.3, -0.25) is 9.59 Å². The molecule has 2 atom stereocenters. The Morgan fingerprint density at radius 2 is 1.41 bits per heavy atom. The number of carbonyl (C=O) groups excluding carboxylic acids is 2. The van der Waals surface area contributed by atoms with Gasteiger partial charge in [-0.1, -0.05) is 109 Å². The van der Waals surface area contributed by atoms with Crippen molar-refractivity contribution in [3.63, 3.8) is 0 Å². The van der Waals surface area contributed by atoms with Crippen molar-refractivity contribution in [1.82, 2.24) is 5.32 Å². The van der Waals surface area contributed by atoms with E-state index in [-0.39, 0.29) is 30.3 Å². The van der Waals surface area contributed by atoms with E-state index >= 15 is 0 Å². The number of aliphatic hydroxyl groups is 1. The van der Waals surface area contributed by atoms with Crippen LogP contribution >= 0.6 is 11.6 Å². The molecule has 1 unspecified atom stereocenters. The number of nitrogens with one attached hydrogen (secondary N) is 1. The van der Waals surface area contributed by atoms with Crippen molar-refractivity contribution >= 4 is 29.1 Å². The largest absolute Gasteiger partial charge is 0.394 e. The van der Waals surface area contributed by atoms with Crippen LogP contribution in [0.4, 0.5) is 5.69 Å². The van der Waals surface area contributed by atoms with Crippen molar-refractivity contribution < 1.29 is 14.7 Å². The third-order valence-electron chi connectivity index (χ3n) is 7.95. The molecule has 0 heterocycles. The summed E-state index contributed by atoms with van der Waals surface area (Å²) >= 11 is 6.39. The van der Waals surface area contributed by atoms with Crippen molar-refractivity contribution in [3.05, 3.63) is 136 Å². The molecule has 1 saturated carbocycles. The molecule has 0 spiro atoms. The fourth-order valence-electron chi connectivity index (χ4n) is 5.79. The number of aliphatic hydroxyl groups excluding tert-OH is 1. The van der Waals surface area contributed by atoms with Gasteiger partial charge in [-0.25, -0.2) is 0 Å². The van der Waals surface area contributed by atoms with Crippen molar-refractivity contribution in [3.8, 4) is 0 Å². The maximum Gasteiger partial charge on any atom is 0.260 e. The number of hydrogen-bond donors (Lipinski definition) is 2. The van der Waals surface area contributed by atoms with E-state index in [9.17, 15) is 14.7 Å². The zero-order chi connectivity index (χ0) is 28.6. The van der Waals surface area contributed by atoms with Gasteiger partial charge in [0.05, 0.1) is 35.7 Å². The number of para-hydroxylation sites is 1. The lowest BCUT2D eigenvalue weighted by Gasteiger charge is -2.27. The van der Waals surface area contributed by atoms with Crippen LogP contribution in [0.1, 0.15) is 64.7 Å². The Morgan fingerprint density at radius 1 is 0.805 bits per heavy atom. The fourth-order valence-corrected chi connectivity index (χ4v) is 6.01. The fraction of sp³-hybridized carbons (Fsp3) is 0.257. The van der Waals surface area contributed by atoms with Crippen LogP contribution in [-0.2, 0) is 11.3 Å². The van der Waals surface area contributed by atoms with Gasteiger partial charge in [-0.15, -0.1) is 0 Å². The molecule has 2 amide bonds. The third-order valence-corrected chi connectivity index (χ3v) is 8.28. The molecule has 0 bridgehead atoms. The molecule has 1 aliphatic rings. The number of rotatable bonds is 10. The smallest absolute Gasteiger partial charge is 0.260 e. The van der Waals surface area contributed by atoms with E-state index < -0.39 is 6.04 Å².